The largest absolute Gasteiger partial charge is 0.350 e. The van der Waals surface area contributed by atoms with Crippen LogP contribution in [-0.2, 0) is 4.79 Å². The molecule has 2 aliphatic heterocycles. The zero-order valence-corrected chi connectivity index (χ0v) is 23.2. The van der Waals surface area contributed by atoms with Crippen molar-refractivity contribution in [2.75, 3.05) is 13.1 Å². The molecule has 2 saturated heterocycles. The number of rotatable bonds is 5. The number of benzene rings is 2. The van der Waals surface area contributed by atoms with Gasteiger partial charge in [0.05, 0.1) is 12.1 Å². The predicted octanol–water partition coefficient (Wildman–Crippen LogP) is 4.64. The molecule has 2 bridgehead atoms. The summed E-state index contributed by atoms with van der Waals surface area (Å²) in [6, 6.07) is 18.4. The van der Waals surface area contributed by atoms with Crippen LogP contribution >= 0.6 is 0 Å². The minimum absolute atomic E-state index is 0.105. The molecule has 2 aliphatic rings. The molecule has 2 fully saturated rings. The average Bonchev–Trinajstić information content (AvgIpc) is 3.69. The standard InChI is InChI=1S/C32H32FN5O3/c1-32(2,3)28(36-29(39)27-13-20-9-11-22(33)14-26(20)35-27)31(41)38-18-23-15-24(38)17-37(23)30(40)25-12-10-21(16-34-25)19-7-5-4-6-8-19/h4-14,16,23-24,28,35H,15,17-18H2,1-3H3,(H,36,39)/t23-,24-,28+/m0/s1. The number of likely N-dealkylation sites (tertiary alicyclic amines) is 2. The van der Waals surface area contributed by atoms with E-state index in [9.17, 15) is 18.8 Å². The Morgan fingerprint density at radius 1 is 0.951 bits per heavy atom. The fourth-order valence-corrected chi connectivity index (χ4v) is 5.90. The Kier molecular flexibility index (Phi) is 6.60. The van der Waals surface area contributed by atoms with E-state index in [1.807, 2.05) is 62.1 Å². The number of nitrogens with zero attached hydrogens (tertiary/aromatic N) is 3. The molecule has 0 saturated carbocycles. The van der Waals surface area contributed by atoms with Crippen molar-refractivity contribution in [1.29, 1.82) is 0 Å². The molecule has 9 heteroatoms. The van der Waals surface area contributed by atoms with Crippen LogP contribution in [0.2, 0.25) is 0 Å². The van der Waals surface area contributed by atoms with Crippen molar-refractivity contribution in [3.63, 3.8) is 0 Å². The lowest BCUT2D eigenvalue weighted by atomic mass is 9.85. The third kappa shape index (κ3) is 5.08. The molecule has 0 radical (unpaired) electrons. The van der Waals surface area contributed by atoms with Crippen LogP contribution in [0.1, 0.15) is 48.2 Å². The molecule has 0 aliphatic carbocycles. The number of piperazine rings is 1. The molecule has 2 aromatic heterocycles. The summed E-state index contributed by atoms with van der Waals surface area (Å²) in [5.41, 5.74) is 2.57. The first kappa shape index (κ1) is 26.7. The quantitative estimate of drug-likeness (QED) is 0.376. The first-order valence-electron chi connectivity index (χ1n) is 13.8. The molecular formula is C32H32FN5O3. The number of hydrogen-bond donors (Lipinski definition) is 2. The van der Waals surface area contributed by atoms with Crippen molar-refractivity contribution in [2.45, 2.75) is 45.3 Å². The maximum Gasteiger partial charge on any atom is 0.272 e. The van der Waals surface area contributed by atoms with Gasteiger partial charge in [-0.3, -0.25) is 19.4 Å². The summed E-state index contributed by atoms with van der Waals surface area (Å²) < 4.78 is 13.6. The topological polar surface area (TPSA) is 98.4 Å². The lowest BCUT2D eigenvalue weighted by molar-refractivity contribution is -0.138. The number of fused-ring (bicyclic) bond motifs is 3. The van der Waals surface area contributed by atoms with E-state index in [1.165, 1.54) is 12.1 Å². The third-order valence-corrected chi connectivity index (χ3v) is 8.09. The van der Waals surface area contributed by atoms with E-state index in [2.05, 4.69) is 15.3 Å². The molecule has 3 amide bonds. The summed E-state index contributed by atoms with van der Waals surface area (Å²) in [5.74, 6) is -1.13. The predicted molar refractivity (Wildman–Crippen MR) is 154 cm³/mol. The molecule has 41 heavy (non-hydrogen) atoms. The summed E-state index contributed by atoms with van der Waals surface area (Å²) >= 11 is 0. The van der Waals surface area contributed by atoms with Gasteiger partial charge in [-0.05, 0) is 47.7 Å². The van der Waals surface area contributed by atoms with E-state index in [-0.39, 0.29) is 29.6 Å². The molecule has 4 aromatic rings. The molecule has 2 aromatic carbocycles. The SMILES string of the molecule is CC(C)(C)[C@H](NC(=O)c1cc2ccc(F)cc2[nH]1)C(=O)N1C[C@@H]2C[C@H]1CN2C(=O)c1ccc(-c2ccccc2)cn1. The Morgan fingerprint density at radius 2 is 1.68 bits per heavy atom. The second kappa shape index (κ2) is 10.1. The Hall–Kier alpha value is -4.53. The van der Waals surface area contributed by atoms with Gasteiger partial charge >= 0.3 is 0 Å². The van der Waals surface area contributed by atoms with Crippen molar-refractivity contribution in [2.24, 2.45) is 5.41 Å². The van der Waals surface area contributed by atoms with Gasteiger partial charge in [-0.15, -0.1) is 0 Å². The lowest BCUT2D eigenvalue weighted by Gasteiger charge is -2.39. The van der Waals surface area contributed by atoms with Crippen LogP contribution < -0.4 is 5.32 Å². The molecule has 0 unspecified atom stereocenters. The molecule has 210 valence electrons. The van der Waals surface area contributed by atoms with E-state index in [0.717, 1.165) is 11.1 Å². The Labute approximate surface area is 237 Å². The monoisotopic (exact) mass is 553 g/mol. The first-order valence-corrected chi connectivity index (χ1v) is 13.8. The number of H-pyrrole nitrogens is 1. The van der Waals surface area contributed by atoms with Gasteiger partial charge in [0, 0.05) is 35.8 Å². The van der Waals surface area contributed by atoms with Crippen LogP contribution in [0.4, 0.5) is 4.39 Å². The zero-order valence-electron chi connectivity index (χ0n) is 23.2. The molecule has 3 atom stereocenters. The average molecular weight is 554 g/mol. The highest BCUT2D eigenvalue weighted by atomic mass is 19.1. The molecule has 6 rings (SSSR count). The van der Waals surface area contributed by atoms with Crippen molar-refractivity contribution < 1.29 is 18.8 Å². The molecule has 2 N–H and O–H groups in total. The first-order chi connectivity index (χ1) is 19.6. The van der Waals surface area contributed by atoms with Gasteiger partial charge < -0.3 is 20.1 Å². The fraction of sp³-hybridized carbons (Fsp3) is 0.312. The van der Waals surface area contributed by atoms with E-state index in [0.29, 0.717) is 36.1 Å². The number of carbonyl (C=O) groups excluding carboxylic acids is 3. The minimum atomic E-state index is -0.783. The zero-order chi connectivity index (χ0) is 28.9. The second-order valence-electron chi connectivity index (χ2n) is 12.0. The summed E-state index contributed by atoms with van der Waals surface area (Å²) in [5, 5.41) is 3.63. The molecule has 8 nitrogen and oxygen atoms in total. The highest BCUT2D eigenvalue weighted by Crippen LogP contribution is 2.34. The van der Waals surface area contributed by atoms with Crippen molar-refractivity contribution in [1.82, 2.24) is 25.1 Å². The lowest BCUT2D eigenvalue weighted by Crippen LogP contribution is -2.59. The van der Waals surface area contributed by atoms with Gasteiger partial charge in [0.15, 0.2) is 0 Å². The van der Waals surface area contributed by atoms with Crippen LogP contribution in [0.3, 0.4) is 0 Å². The maximum absolute atomic E-state index is 13.8. The Balaban J connectivity index is 1.13. The Morgan fingerprint density at radius 3 is 2.34 bits per heavy atom. The summed E-state index contributed by atoms with van der Waals surface area (Å²) in [4.78, 5) is 51.3. The van der Waals surface area contributed by atoms with Gasteiger partial charge in [0.2, 0.25) is 5.91 Å². The van der Waals surface area contributed by atoms with Crippen LogP contribution in [-0.4, -0.2) is 68.7 Å². The number of carbonyl (C=O) groups is 3. The summed E-state index contributed by atoms with van der Waals surface area (Å²) in [6.45, 7) is 6.56. The number of halogens is 1. The van der Waals surface area contributed by atoms with Gasteiger partial charge in [-0.25, -0.2) is 4.39 Å². The Bertz CT molecular complexity index is 1630. The van der Waals surface area contributed by atoms with Gasteiger partial charge in [-0.1, -0.05) is 57.2 Å². The van der Waals surface area contributed by atoms with Crippen LogP contribution in [0, 0.1) is 11.2 Å². The maximum atomic E-state index is 13.8. The number of pyridine rings is 1. The molecule has 4 heterocycles. The smallest absolute Gasteiger partial charge is 0.272 e. The van der Waals surface area contributed by atoms with Gasteiger partial charge in [-0.2, -0.15) is 0 Å². The van der Waals surface area contributed by atoms with Crippen molar-refractivity contribution >= 4 is 28.6 Å². The molecule has 0 spiro atoms. The highest BCUT2D eigenvalue weighted by molar-refractivity contribution is 6.00. The van der Waals surface area contributed by atoms with Gasteiger partial charge in [0.1, 0.15) is 23.2 Å². The van der Waals surface area contributed by atoms with Crippen molar-refractivity contribution in [3.05, 3.63) is 90.1 Å². The van der Waals surface area contributed by atoms with Crippen LogP contribution in [0.25, 0.3) is 22.0 Å². The van der Waals surface area contributed by atoms with E-state index >= 15 is 0 Å². The second-order valence-corrected chi connectivity index (χ2v) is 12.0. The highest BCUT2D eigenvalue weighted by Gasteiger charge is 2.50. The fourth-order valence-electron chi connectivity index (χ4n) is 5.90. The minimum Gasteiger partial charge on any atom is -0.350 e. The van der Waals surface area contributed by atoms with Crippen LogP contribution in [0.15, 0.2) is 72.9 Å². The van der Waals surface area contributed by atoms with E-state index in [4.69, 9.17) is 0 Å². The number of hydrogen-bond acceptors (Lipinski definition) is 4. The molecular weight excluding hydrogens is 521 g/mol. The van der Waals surface area contributed by atoms with E-state index < -0.39 is 23.2 Å². The number of aromatic nitrogens is 2. The summed E-state index contributed by atoms with van der Waals surface area (Å²) in [7, 11) is 0. The number of amides is 3. The van der Waals surface area contributed by atoms with E-state index in [1.54, 1.807) is 29.3 Å². The van der Waals surface area contributed by atoms with Crippen molar-refractivity contribution in [3.8, 4) is 11.1 Å². The van der Waals surface area contributed by atoms with Gasteiger partial charge in [0.25, 0.3) is 11.8 Å². The normalized spacial score (nSPS) is 19.0. The number of aromatic amines is 1. The van der Waals surface area contributed by atoms with Crippen LogP contribution in [0.5, 0.6) is 0 Å². The number of nitrogens with one attached hydrogen (secondary N) is 2. The summed E-state index contributed by atoms with van der Waals surface area (Å²) in [6.07, 6.45) is 2.41. The third-order valence-electron chi connectivity index (χ3n) is 8.09.